The SMILES string of the molecule is NC(=NCCc1ccc(CO)cc1)N1CCCCCC1. The van der Waals surface area contributed by atoms with E-state index in [4.69, 9.17) is 10.8 Å². The third-order valence-electron chi connectivity index (χ3n) is 3.81. The van der Waals surface area contributed by atoms with Gasteiger partial charge in [-0.15, -0.1) is 0 Å². The molecule has 1 aliphatic rings. The van der Waals surface area contributed by atoms with Gasteiger partial charge >= 0.3 is 0 Å². The Balaban J connectivity index is 1.81. The minimum absolute atomic E-state index is 0.0976. The monoisotopic (exact) mass is 275 g/mol. The highest BCUT2D eigenvalue weighted by Gasteiger charge is 2.10. The quantitative estimate of drug-likeness (QED) is 0.652. The molecule has 0 aliphatic carbocycles. The first-order valence-electron chi connectivity index (χ1n) is 7.53. The van der Waals surface area contributed by atoms with Gasteiger partial charge in [-0.1, -0.05) is 37.1 Å². The maximum Gasteiger partial charge on any atom is 0.191 e. The van der Waals surface area contributed by atoms with Crippen molar-refractivity contribution in [3.63, 3.8) is 0 Å². The molecule has 0 atom stereocenters. The van der Waals surface area contributed by atoms with Crippen molar-refractivity contribution in [2.45, 2.75) is 38.7 Å². The number of nitrogens with two attached hydrogens (primary N) is 1. The van der Waals surface area contributed by atoms with Crippen LogP contribution in [0.5, 0.6) is 0 Å². The molecule has 0 aromatic heterocycles. The molecule has 0 bridgehead atoms. The summed E-state index contributed by atoms with van der Waals surface area (Å²) in [4.78, 5) is 6.71. The second-order valence-corrected chi connectivity index (χ2v) is 5.37. The summed E-state index contributed by atoms with van der Waals surface area (Å²) >= 11 is 0. The molecule has 1 aromatic rings. The Bertz CT molecular complexity index is 420. The van der Waals surface area contributed by atoms with Crippen molar-refractivity contribution in [1.29, 1.82) is 0 Å². The molecule has 0 radical (unpaired) electrons. The summed E-state index contributed by atoms with van der Waals surface area (Å²) in [5, 5.41) is 9.00. The Morgan fingerprint density at radius 3 is 2.25 bits per heavy atom. The number of guanidine groups is 1. The first kappa shape index (κ1) is 14.9. The molecule has 3 N–H and O–H groups in total. The average Bonchev–Trinajstić information content (AvgIpc) is 2.77. The molecule has 4 nitrogen and oxygen atoms in total. The summed E-state index contributed by atoms with van der Waals surface area (Å²) in [5.74, 6) is 0.693. The first-order chi connectivity index (χ1) is 9.79. The van der Waals surface area contributed by atoms with Crippen LogP contribution in [0.15, 0.2) is 29.3 Å². The lowest BCUT2D eigenvalue weighted by atomic mass is 10.1. The van der Waals surface area contributed by atoms with Gasteiger partial charge < -0.3 is 15.7 Å². The first-order valence-corrected chi connectivity index (χ1v) is 7.53. The standard InChI is InChI=1S/C16H25N3O/c17-16(19-11-3-1-2-4-12-19)18-10-9-14-5-7-15(13-20)8-6-14/h5-8,20H,1-4,9-13H2,(H2,17,18). The second kappa shape index (κ2) is 7.90. The van der Waals surface area contributed by atoms with E-state index in [1.54, 1.807) is 0 Å². The van der Waals surface area contributed by atoms with Crippen LogP contribution < -0.4 is 5.73 Å². The Hall–Kier alpha value is -1.55. The van der Waals surface area contributed by atoms with Gasteiger partial charge in [-0.05, 0) is 30.4 Å². The topological polar surface area (TPSA) is 61.9 Å². The summed E-state index contributed by atoms with van der Waals surface area (Å²) in [6.45, 7) is 2.90. The highest BCUT2D eigenvalue weighted by Crippen LogP contribution is 2.09. The highest BCUT2D eigenvalue weighted by atomic mass is 16.3. The Labute approximate surface area is 121 Å². The van der Waals surface area contributed by atoms with Gasteiger partial charge in [0, 0.05) is 19.6 Å². The molecule has 20 heavy (non-hydrogen) atoms. The number of aliphatic hydroxyl groups excluding tert-OH is 1. The van der Waals surface area contributed by atoms with Gasteiger partial charge in [-0.3, -0.25) is 4.99 Å². The lowest BCUT2D eigenvalue weighted by molar-refractivity contribution is 0.282. The molecule has 1 fully saturated rings. The minimum atomic E-state index is 0.0976. The molecule has 0 unspecified atom stereocenters. The zero-order valence-corrected chi connectivity index (χ0v) is 12.1. The van der Waals surface area contributed by atoms with Crippen molar-refractivity contribution >= 4 is 5.96 Å². The van der Waals surface area contributed by atoms with Crippen molar-refractivity contribution in [2.75, 3.05) is 19.6 Å². The van der Waals surface area contributed by atoms with Crippen LogP contribution in [0.1, 0.15) is 36.8 Å². The number of nitrogens with zero attached hydrogens (tertiary/aromatic N) is 2. The van der Waals surface area contributed by atoms with Gasteiger partial charge in [0.25, 0.3) is 0 Å². The van der Waals surface area contributed by atoms with Crippen LogP contribution in [-0.2, 0) is 13.0 Å². The van der Waals surface area contributed by atoms with Crippen LogP contribution in [-0.4, -0.2) is 35.6 Å². The van der Waals surface area contributed by atoms with Gasteiger partial charge in [-0.25, -0.2) is 0 Å². The normalized spacial score (nSPS) is 17.1. The number of hydrogen-bond acceptors (Lipinski definition) is 2. The molecule has 1 heterocycles. The number of benzene rings is 1. The van der Waals surface area contributed by atoms with Crippen molar-refractivity contribution in [2.24, 2.45) is 10.7 Å². The predicted molar refractivity (Wildman–Crippen MR) is 82.6 cm³/mol. The summed E-state index contributed by atoms with van der Waals surface area (Å²) in [6, 6.07) is 8.00. The van der Waals surface area contributed by atoms with E-state index in [2.05, 4.69) is 9.89 Å². The summed E-state index contributed by atoms with van der Waals surface area (Å²) < 4.78 is 0. The van der Waals surface area contributed by atoms with Gasteiger partial charge in [-0.2, -0.15) is 0 Å². The molecule has 1 saturated heterocycles. The third-order valence-corrected chi connectivity index (χ3v) is 3.81. The summed E-state index contributed by atoms with van der Waals surface area (Å²) in [6.07, 6.45) is 5.94. The predicted octanol–water partition coefficient (Wildman–Crippen LogP) is 1.91. The van der Waals surface area contributed by atoms with E-state index >= 15 is 0 Å². The van der Waals surface area contributed by atoms with Crippen LogP contribution in [0.3, 0.4) is 0 Å². The number of likely N-dealkylation sites (tertiary alicyclic amines) is 1. The van der Waals surface area contributed by atoms with Gasteiger partial charge in [0.15, 0.2) is 5.96 Å². The minimum Gasteiger partial charge on any atom is -0.392 e. The van der Waals surface area contributed by atoms with E-state index in [1.165, 1.54) is 31.2 Å². The number of hydrogen-bond donors (Lipinski definition) is 2. The van der Waals surface area contributed by atoms with Crippen LogP contribution in [0, 0.1) is 0 Å². The van der Waals surface area contributed by atoms with E-state index in [9.17, 15) is 0 Å². The van der Waals surface area contributed by atoms with E-state index in [0.29, 0.717) is 5.96 Å². The van der Waals surface area contributed by atoms with E-state index < -0.39 is 0 Å². The maximum atomic E-state index is 9.00. The largest absolute Gasteiger partial charge is 0.392 e. The van der Waals surface area contributed by atoms with Crippen molar-refractivity contribution in [3.05, 3.63) is 35.4 Å². The van der Waals surface area contributed by atoms with E-state index in [1.807, 2.05) is 24.3 Å². The second-order valence-electron chi connectivity index (χ2n) is 5.37. The molecule has 0 spiro atoms. The fourth-order valence-corrected chi connectivity index (χ4v) is 2.51. The number of aliphatic hydroxyl groups is 1. The Morgan fingerprint density at radius 1 is 1.05 bits per heavy atom. The maximum absolute atomic E-state index is 9.00. The lowest BCUT2D eigenvalue weighted by Crippen LogP contribution is -2.38. The molecule has 0 saturated carbocycles. The molecular weight excluding hydrogens is 250 g/mol. The number of aliphatic imine (C=N–C) groups is 1. The van der Waals surface area contributed by atoms with Crippen molar-refractivity contribution < 1.29 is 5.11 Å². The van der Waals surface area contributed by atoms with Crippen LogP contribution in [0.25, 0.3) is 0 Å². The summed E-state index contributed by atoms with van der Waals surface area (Å²) in [7, 11) is 0. The number of rotatable bonds is 4. The molecule has 4 heteroatoms. The van der Waals surface area contributed by atoms with Gasteiger partial charge in [0.2, 0.25) is 0 Å². The lowest BCUT2D eigenvalue weighted by Gasteiger charge is -2.21. The van der Waals surface area contributed by atoms with Crippen molar-refractivity contribution in [1.82, 2.24) is 4.90 Å². The molecule has 0 amide bonds. The fraction of sp³-hybridized carbons (Fsp3) is 0.562. The Morgan fingerprint density at radius 2 is 1.65 bits per heavy atom. The van der Waals surface area contributed by atoms with Crippen LogP contribution >= 0.6 is 0 Å². The molecule has 110 valence electrons. The summed E-state index contributed by atoms with van der Waals surface area (Å²) in [5.41, 5.74) is 8.25. The molecule has 1 aliphatic heterocycles. The average molecular weight is 275 g/mol. The zero-order valence-electron chi connectivity index (χ0n) is 12.1. The molecule has 2 rings (SSSR count). The smallest absolute Gasteiger partial charge is 0.191 e. The van der Waals surface area contributed by atoms with E-state index in [0.717, 1.165) is 31.6 Å². The highest BCUT2D eigenvalue weighted by molar-refractivity contribution is 5.78. The third kappa shape index (κ3) is 4.53. The van der Waals surface area contributed by atoms with Crippen molar-refractivity contribution in [3.8, 4) is 0 Å². The Kier molecular flexibility index (Phi) is 5.87. The van der Waals surface area contributed by atoms with Gasteiger partial charge in [0.1, 0.15) is 0 Å². The zero-order chi connectivity index (χ0) is 14.2. The van der Waals surface area contributed by atoms with E-state index in [-0.39, 0.29) is 6.61 Å². The molecule has 1 aromatic carbocycles. The fourth-order valence-electron chi connectivity index (χ4n) is 2.51. The van der Waals surface area contributed by atoms with Gasteiger partial charge in [0.05, 0.1) is 6.61 Å². The van der Waals surface area contributed by atoms with Crippen LogP contribution in [0.2, 0.25) is 0 Å². The van der Waals surface area contributed by atoms with Crippen LogP contribution in [0.4, 0.5) is 0 Å². The molecular formula is C16H25N3O.